The molecule has 0 amide bonds. The minimum atomic E-state index is -1.03. The van der Waals surface area contributed by atoms with E-state index in [1.165, 1.54) is 0 Å². The first-order chi connectivity index (χ1) is 13.6. The Balaban J connectivity index is 2.41. The van der Waals surface area contributed by atoms with E-state index >= 15 is 0 Å². The van der Waals surface area contributed by atoms with Gasteiger partial charge in [0.25, 0.3) is 0 Å². The molecule has 0 fully saturated rings. The van der Waals surface area contributed by atoms with Crippen molar-refractivity contribution in [2.75, 3.05) is 0 Å². The molecule has 29 heavy (non-hydrogen) atoms. The minimum absolute atomic E-state index is 0.0135. The molecule has 5 heteroatoms. The summed E-state index contributed by atoms with van der Waals surface area (Å²) < 4.78 is 12.3. The number of aliphatic carboxylic acids is 1. The topological polar surface area (TPSA) is 55.8 Å². The molecule has 2 unspecified atom stereocenters. The van der Waals surface area contributed by atoms with Crippen LogP contribution in [0.5, 0.6) is 5.75 Å². The monoisotopic (exact) mass is 413 g/mol. The summed E-state index contributed by atoms with van der Waals surface area (Å²) in [5.74, 6) is -0.374. The molecule has 2 aromatic carbocycles. The van der Waals surface area contributed by atoms with Gasteiger partial charge in [0, 0.05) is 5.56 Å². The molecule has 0 aliphatic heterocycles. The number of carbonyl (C=O) groups is 1. The molecule has 1 N–H and O–H groups in total. The van der Waals surface area contributed by atoms with E-state index in [1.807, 2.05) is 30.3 Å². The van der Waals surface area contributed by atoms with Gasteiger partial charge in [-0.15, -0.1) is 0 Å². The van der Waals surface area contributed by atoms with E-state index < -0.39 is 21.1 Å². The molecule has 4 nitrogen and oxygen atoms in total. The number of hydrogen-bond donors (Lipinski definition) is 1. The van der Waals surface area contributed by atoms with Crippen LogP contribution in [-0.2, 0) is 15.6 Å². The molecule has 2 atom stereocenters. The quantitative estimate of drug-likeness (QED) is 0.497. The molecule has 157 valence electrons. The highest BCUT2D eigenvalue weighted by atomic mass is 28.3. The van der Waals surface area contributed by atoms with Crippen molar-refractivity contribution in [2.45, 2.75) is 65.8 Å². The van der Waals surface area contributed by atoms with Crippen LogP contribution in [0.25, 0.3) is 0 Å². The van der Waals surface area contributed by atoms with Crippen LogP contribution in [0.15, 0.2) is 48.5 Å². The maximum Gasteiger partial charge on any atom is 0.349 e. The van der Waals surface area contributed by atoms with E-state index in [9.17, 15) is 9.90 Å². The van der Waals surface area contributed by atoms with Crippen molar-refractivity contribution in [2.24, 2.45) is 5.41 Å². The van der Waals surface area contributed by atoms with Gasteiger partial charge >= 0.3 is 5.97 Å². The fourth-order valence-electron chi connectivity index (χ4n) is 3.34. The predicted molar refractivity (Wildman–Crippen MR) is 119 cm³/mol. The van der Waals surface area contributed by atoms with Crippen molar-refractivity contribution in [1.82, 2.24) is 0 Å². The van der Waals surface area contributed by atoms with Gasteiger partial charge in [-0.2, -0.15) is 0 Å². The van der Waals surface area contributed by atoms with Crippen LogP contribution in [0, 0.1) is 5.41 Å². The highest BCUT2D eigenvalue weighted by Gasteiger charge is 2.29. The Labute approximate surface area is 176 Å². The zero-order valence-electron chi connectivity index (χ0n) is 18.4. The Morgan fingerprint density at radius 3 is 2.24 bits per heavy atom. The second-order valence-corrected chi connectivity index (χ2v) is 10.7. The number of hydrogen-bond acceptors (Lipinski definition) is 3. The second kappa shape index (κ2) is 10.1. The Hall–Kier alpha value is -2.11. The third kappa shape index (κ3) is 6.44. The molecular formula is C24H33O4Si. The molecule has 2 rings (SSSR count). The van der Waals surface area contributed by atoms with Gasteiger partial charge < -0.3 is 14.3 Å². The van der Waals surface area contributed by atoms with E-state index in [2.05, 4.69) is 46.9 Å². The van der Waals surface area contributed by atoms with Crippen molar-refractivity contribution in [3.05, 3.63) is 65.2 Å². The van der Waals surface area contributed by atoms with Crippen molar-refractivity contribution >= 4 is 15.0 Å². The van der Waals surface area contributed by atoms with E-state index in [1.54, 1.807) is 12.1 Å². The maximum absolute atomic E-state index is 11.9. The fraction of sp³-hybridized carbons (Fsp3) is 0.458. The van der Waals surface area contributed by atoms with Gasteiger partial charge in [-0.05, 0) is 48.2 Å². The molecule has 0 aliphatic carbocycles. The summed E-state index contributed by atoms with van der Waals surface area (Å²) in [6, 6.07) is 15.1. The van der Waals surface area contributed by atoms with Crippen molar-refractivity contribution < 1.29 is 19.1 Å². The standard InChI is InChI=1S/C24H33O4Si/c1-7-11-18-16-19(22(24(2,3)4)28-29(5)6)14-15-20(18)27-21(23(25)26)17-12-9-8-10-13-17/h8-10,12-16,21-22H,7,11H2,1-6H3,(H,25,26). The van der Waals surface area contributed by atoms with E-state index in [4.69, 9.17) is 9.16 Å². The largest absolute Gasteiger partial charge is 0.478 e. The Morgan fingerprint density at radius 1 is 1.07 bits per heavy atom. The van der Waals surface area contributed by atoms with Gasteiger partial charge in [0.05, 0.1) is 6.10 Å². The summed E-state index contributed by atoms with van der Waals surface area (Å²) in [4.78, 5) is 11.9. The summed E-state index contributed by atoms with van der Waals surface area (Å²) in [6.45, 7) is 12.9. The first-order valence-corrected chi connectivity index (χ1v) is 12.6. The van der Waals surface area contributed by atoms with Gasteiger partial charge in [-0.1, -0.05) is 70.5 Å². The second-order valence-electron chi connectivity index (χ2n) is 8.64. The fourth-order valence-corrected chi connectivity index (χ4v) is 4.30. The minimum Gasteiger partial charge on any atom is -0.478 e. The van der Waals surface area contributed by atoms with Crippen LogP contribution in [0.3, 0.4) is 0 Å². The Morgan fingerprint density at radius 2 is 1.72 bits per heavy atom. The highest BCUT2D eigenvalue weighted by molar-refractivity contribution is 6.48. The lowest BCUT2D eigenvalue weighted by Gasteiger charge is -2.33. The summed E-state index contributed by atoms with van der Waals surface area (Å²) >= 11 is 0. The van der Waals surface area contributed by atoms with Crippen LogP contribution < -0.4 is 4.74 Å². The predicted octanol–water partition coefficient (Wildman–Crippen LogP) is 6.20. The average Bonchev–Trinajstić information content (AvgIpc) is 2.64. The van der Waals surface area contributed by atoms with Gasteiger partial charge in [-0.3, -0.25) is 0 Å². The van der Waals surface area contributed by atoms with E-state index in [0.717, 1.165) is 24.0 Å². The van der Waals surface area contributed by atoms with Crippen LogP contribution >= 0.6 is 0 Å². The average molecular weight is 414 g/mol. The van der Waals surface area contributed by atoms with Crippen molar-refractivity contribution in [3.8, 4) is 5.75 Å². The zero-order valence-corrected chi connectivity index (χ0v) is 19.4. The molecule has 0 bridgehead atoms. The number of rotatable bonds is 9. The molecule has 0 aromatic heterocycles. The van der Waals surface area contributed by atoms with Crippen molar-refractivity contribution in [3.63, 3.8) is 0 Å². The maximum atomic E-state index is 11.9. The third-order valence-electron chi connectivity index (χ3n) is 4.62. The Bertz CT molecular complexity index is 796. The van der Waals surface area contributed by atoms with Gasteiger partial charge in [-0.25, -0.2) is 4.79 Å². The smallest absolute Gasteiger partial charge is 0.349 e. The summed E-state index contributed by atoms with van der Waals surface area (Å²) in [5, 5.41) is 9.72. The number of carboxylic acid groups (broad SMARTS) is 1. The number of aryl methyl sites for hydroxylation is 1. The highest BCUT2D eigenvalue weighted by Crippen LogP contribution is 2.39. The third-order valence-corrected chi connectivity index (χ3v) is 5.33. The lowest BCUT2D eigenvalue weighted by molar-refractivity contribution is -0.145. The van der Waals surface area contributed by atoms with Crippen LogP contribution in [0.4, 0.5) is 0 Å². The van der Waals surface area contributed by atoms with Crippen LogP contribution in [-0.4, -0.2) is 20.1 Å². The zero-order chi connectivity index (χ0) is 21.6. The summed E-state index contributed by atoms with van der Waals surface area (Å²) in [6.07, 6.45) is 0.714. The first kappa shape index (κ1) is 23.2. The van der Waals surface area contributed by atoms with E-state index in [-0.39, 0.29) is 11.5 Å². The molecule has 0 spiro atoms. The van der Waals surface area contributed by atoms with Crippen LogP contribution in [0.2, 0.25) is 13.1 Å². The van der Waals surface area contributed by atoms with Crippen molar-refractivity contribution in [1.29, 1.82) is 0 Å². The molecule has 0 aliphatic rings. The van der Waals surface area contributed by atoms with Gasteiger partial charge in [0.1, 0.15) is 5.75 Å². The molecule has 2 aromatic rings. The Kier molecular flexibility index (Phi) is 8.05. The SMILES string of the molecule is CCCc1cc(C(O[Si](C)C)C(C)(C)C)ccc1OC(C(=O)O)c1ccccc1. The lowest BCUT2D eigenvalue weighted by atomic mass is 9.84. The first-order valence-electron chi connectivity index (χ1n) is 10.2. The molecule has 0 saturated heterocycles. The number of benzene rings is 2. The summed E-state index contributed by atoms with van der Waals surface area (Å²) in [5.41, 5.74) is 2.73. The van der Waals surface area contributed by atoms with Crippen LogP contribution in [0.1, 0.15) is 63.0 Å². The normalized spacial score (nSPS) is 13.9. The lowest BCUT2D eigenvalue weighted by Crippen LogP contribution is -2.26. The molecule has 0 saturated carbocycles. The van der Waals surface area contributed by atoms with Gasteiger partial charge in [0.2, 0.25) is 15.1 Å². The van der Waals surface area contributed by atoms with E-state index in [0.29, 0.717) is 11.3 Å². The molecular weight excluding hydrogens is 380 g/mol. The molecule has 0 heterocycles. The number of ether oxygens (including phenoxy) is 1. The molecule has 1 radical (unpaired) electrons. The summed E-state index contributed by atoms with van der Waals surface area (Å²) in [7, 11) is -0.872. The number of carboxylic acids is 1. The van der Waals surface area contributed by atoms with Gasteiger partial charge in [0.15, 0.2) is 0 Å².